The van der Waals surface area contributed by atoms with E-state index in [9.17, 15) is 9.59 Å². The maximum atomic E-state index is 13.4. The zero-order valence-electron chi connectivity index (χ0n) is 18.1. The molecule has 0 aliphatic carbocycles. The van der Waals surface area contributed by atoms with Gasteiger partial charge in [0.25, 0.3) is 5.91 Å². The van der Waals surface area contributed by atoms with Crippen LogP contribution in [-0.4, -0.2) is 47.9 Å². The molecule has 4 aromatic rings. The van der Waals surface area contributed by atoms with Gasteiger partial charge in [-0.05, 0) is 29.8 Å². The molecule has 1 N–H and O–H groups in total. The van der Waals surface area contributed by atoms with Crippen LogP contribution in [0.1, 0.15) is 16.1 Å². The van der Waals surface area contributed by atoms with Crippen molar-refractivity contribution in [3.63, 3.8) is 0 Å². The van der Waals surface area contributed by atoms with Gasteiger partial charge in [0, 0.05) is 37.8 Å². The second-order valence-electron chi connectivity index (χ2n) is 7.98. The Balaban J connectivity index is 1.35. The van der Waals surface area contributed by atoms with Crippen molar-refractivity contribution in [1.29, 1.82) is 0 Å². The Kier molecular flexibility index (Phi) is 5.76. The van der Waals surface area contributed by atoms with Crippen LogP contribution in [0.4, 0.5) is 11.5 Å². The molecule has 33 heavy (non-hydrogen) atoms. The number of aromatic nitrogens is 1. The fourth-order valence-corrected chi connectivity index (χ4v) is 4.11. The number of hydrogen-bond donors (Lipinski definition) is 1. The number of para-hydroxylation sites is 1. The van der Waals surface area contributed by atoms with E-state index in [0.717, 1.165) is 16.8 Å². The summed E-state index contributed by atoms with van der Waals surface area (Å²) in [6.45, 7) is 2.45. The van der Waals surface area contributed by atoms with E-state index in [1.807, 2.05) is 66.7 Å². The van der Waals surface area contributed by atoms with Crippen molar-refractivity contribution in [1.82, 2.24) is 9.88 Å². The van der Waals surface area contributed by atoms with Crippen LogP contribution in [0.15, 0.2) is 83.4 Å². The van der Waals surface area contributed by atoms with Gasteiger partial charge in [-0.15, -0.1) is 0 Å². The van der Waals surface area contributed by atoms with Gasteiger partial charge in [-0.2, -0.15) is 0 Å². The predicted octanol–water partition coefficient (Wildman–Crippen LogP) is 3.97. The highest BCUT2D eigenvalue weighted by molar-refractivity contribution is 6.11. The Hall–Kier alpha value is -4.13. The fourth-order valence-electron chi connectivity index (χ4n) is 4.11. The number of benzene rings is 2. The number of fused-ring (bicyclic) bond motifs is 1. The normalized spacial score (nSPS) is 13.8. The highest BCUT2D eigenvalue weighted by Crippen LogP contribution is 2.32. The molecule has 0 saturated carbocycles. The van der Waals surface area contributed by atoms with Crippen LogP contribution in [0.25, 0.3) is 11.0 Å². The molecular formula is C26H24N4O3. The standard InChI is InChI=1S/C26H24N4O3/c31-23(18-19-8-2-1-3-9-19)28-24-20-10-4-5-11-21(20)33-25(24)26(32)30-16-14-29(15-17-30)22-12-6-7-13-27-22/h1-13H,14-18H2,(H,28,31). The zero-order chi connectivity index (χ0) is 22.6. The number of piperazine rings is 1. The van der Waals surface area contributed by atoms with Crippen molar-refractivity contribution >= 4 is 34.3 Å². The number of carbonyl (C=O) groups excluding carboxylic acids is 2. The molecule has 2 aromatic carbocycles. The van der Waals surface area contributed by atoms with Crippen molar-refractivity contribution in [2.24, 2.45) is 0 Å². The van der Waals surface area contributed by atoms with E-state index in [4.69, 9.17) is 4.42 Å². The summed E-state index contributed by atoms with van der Waals surface area (Å²) in [7, 11) is 0. The zero-order valence-corrected chi connectivity index (χ0v) is 18.1. The molecule has 0 bridgehead atoms. The van der Waals surface area contributed by atoms with Gasteiger partial charge in [0.2, 0.25) is 11.7 Å². The van der Waals surface area contributed by atoms with E-state index < -0.39 is 0 Å². The summed E-state index contributed by atoms with van der Waals surface area (Å²) in [6, 6.07) is 22.7. The lowest BCUT2D eigenvalue weighted by Gasteiger charge is -2.35. The van der Waals surface area contributed by atoms with E-state index in [0.29, 0.717) is 37.4 Å². The molecule has 0 radical (unpaired) electrons. The molecule has 166 valence electrons. The van der Waals surface area contributed by atoms with Crippen LogP contribution >= 0.6 is 0 Å². The number of carbonyl (C=O) groups is 2. The fraction of sp³-hybridized carbons (Fsp3) is 0.192. The van der Waals surface area contributed by atoms with Gasteiger partial charge in [-0.1, -0.05) is 48.5 Å². The van der Waals surface area contributed by atoms with Crippen LogP contribution in [0.2, 0.25) is 0 Å². The molecule has 3 heterocycles. The average Bonchev–Trinajstić information content (AvgIpc) is 3.23. The number of rotatable bonds is 5. The molecule has 0 unspecified atom stereocenters. The first-order valence-electron chi connectivity index (χ1n) is 11.0. The highest BCUT2D eigenvalue weighted by atomic mass is 16.3. The Morgan fingerprint density at radius 2 is 1.61 bits per heavy atom. The molecule has 0 spiro atoms. The summed E-state index contributed by atoms with van der Waals surface area (Å²) in [5, 5.41) is 3.65. The summed E-state index contributed by atoms with van der Waals surface area (Å²) < 4.78 is 5.94. The summed E-state index contributed by atoms with van der Waals surface area (Å²) in [4.78, 5) is 34.5. The molecule has 5 rings (SSSR count). The maximum Gasteiger partial charge on any atom is 0.291 e. The third-order valence-corrected chi connectivity index (χ3v) is 5.80. The molecule has 2 aromatic heterocycles. The van der Waals surface area contributed by atoms with Crippen molar-refractivity contribution in [2.75, 3.05) is 36.4 Å². The van der Waals surface area contributed by atoms with E-state index >= 15 is 0 Å². The van der Waals surface area contributed by atoms with Crippen LogP contribution in [0.3, 0.4) is 0 Å². The number of hydrogen-bond acceptors (Lipinski definition) is 5. The molecular weight excluding hydrogens is 416 g/mol. The van der Waals surface area contributed by atoms with Gasteiger partial charge in [0.1, 0.15) is 17.1 Å². The smallest absolute Gasteiger partial charge is 0.291 e. The minimum atomic E-state index is -0.220. The third-order valence-electron chi connectivity index (χ3n) is 5.80. The minimum Gasteiger partial charge on any atom is -0.449 e. The lowest BCUT2D eigenvalue weighted by atomic mass is 10.1. The molecule has 1 aliphatic rings. The Labute approximate surface area is 191 Å². The number of nitrogens with one attached hydrogen (secondary N) is 1. The lowest BCUT2D eigenvalue weighted by Crippen LogP contribution is -2.49. The van der Waals surface area contributed by atoms with Crippen LogP contribution in [-0.2, 0) is 11.2 Å². The first-order chi connectivity index (χ1) is 16.2. The van der Waals surface area contributed by atoms with Crippen LogP contribution in [0.5, 0.6) is 0 Å². The van der Waals surface area contributed by atoms with Crippen LogP contribution in [0, 0.1) is 0 Å². The molecule has 1 aliphatic heterocycles. The molecule has 1 saturated heterocycles. The van der Waals surface area contributed by atoms with Gasteiger partial charge in [0.05, 0.1) is 6.42 Å². The number of anilines is 2. The highest BCUT2D eigenvalue weighted by Gasteiger charge is 2.29. The van der Waals surface area contributed by atoms with E-state index in [1.165, 1.54) is 0 Å². The van der Waals surface area contributed by atoms with Crippen molar-refractivity contribution in [3.8, 4) is 0 Å². The van der Waals surface area contributed by atoms with Gasteiger partial charge >= 0.3 is 0 Å². The number of amides is 2. The Morgan fingerprint density at radius 1 is 0.879 bits per heavy atom. The van der Waals surface area contributed by atoms with Gasteiger partial charge in [-0.25, -0.2) is 4.98 Å². The van der Waals surface area contributed by atoms with E-state index in [-0.39, 0.29) is 24.0 Å². The number of nitrogens with zero attached hydrogens (tertiary/aromatic N) is 3. The first-order valence-corrected chi connectivity index (χ1v) is 11.0. The summed E-state index contributed by atoms with van der Waals surface area (Å²) in [5.74, 6) is 0.662. The van der Waals surface area contributed by atoms with E-state index in [2.05, 4.69) is 15.2 Å². The third kappa shape index (κ3) is 4.43. The summed E-state index contributed by atoms with van der Waals surface area (Å²) in [5.41, 5.74) is 1.91. The minimum absolute atomic E-state index is 0.170. The Bertz CT molecular complexity index is 1260. The average molecular weight is 441 g/mol. The Morgan fingerprint density at radius 3 is 2.36 bits per heavy atom. The SMILES string of the molecule is O=C(Cc1ccccc1)Nc1c(C(=O)N2CCN(c3ccccn3)CC2)oc2ccccc12. The second-order valence-corrected chi connectivity index (χ2v) is 7.98. The quantitative estimate of drug-likeness (QED) is 0.508. The molecule has 0 atom stereocenters. The first kappa shape index (κ1) is 20.8. The van der Waals surface area contributed by atoms with E-state index in [1.54, 1.807) is 17.2 Å². The van der Waals surface area contributed by atoms with Gasteiger partial charge in [0.15, 0.2) is 0 Å². The number of furan rings is 1. The van der Waals surface area contributed by atoms with Gasteiger partial charge < -0.3 is 19.5 Å². The number of pyridine rings is 1. The summed E-state index contributed by atoms with van der Waals surface area (Å²) in [6.07, 6.45) is 1.99. The monoisotopic (exact) mass is 440 g/mol. The predicted molar refractivity (Wildman–Crippen MR) is 127 cm³/mol. The largest absolute Gasteiger partial charge is 0.449 e. The molecule has 7 nitrogen and oxygen atoms in total. The molecule has 2 amide bonds. The maximum absolute atomic E-state index is 13.4. The van der Waals surface area contributed by atoms with Gasteiger partial charge in [-0.3, -0.25) is 9.59 Å². The lowest BCUT2D eigenvalue weighted by molar-refractivity contribution is -0.115. The van der Waals surface area contributed by atoms with Crippen LogP contribution < -0.4 is 10.2 Å². The summed E-state index contributed by atoms with van der Waals surface area (Å²) >= 11 is 0. The van der Waals surface area contributed by atoms with Crippen molar-refractivity contribution in [2.45, 2.75) is 6.42 Å². The topological polar surface area (TPSA) is 78.7 Å². The van der Waals surface area contributed by atoms with Crippen molar-refractivity contribution < 1.29 is 14.0 Å². The second kappa shape index (κ2) is 9.16. The molecule has 1 fully saturated rings. The van der Waals surface area contributed by atoms with Crippen molar-refractivity contribution in [3.05, 3.63) is 90.3 Å². The molecule has 7 heteroatoms.